The summed E-state index contributed by atoms with van der Waals surface area (Å²) in [5.74, 6) is -0.0124. The Bertz CT molecular complexity index is 1410. The fourth-order valence-electron chi connectivity index (χ4n) is 3.52. The molecule has 0 radical (unpaired) electrons. The zero-order valence-corrected chi connectivity index (χ0v) is 25.2. The first-order valence-electron chi connectivity index (χ1n) is 12.4. The second-order valence-corrected chi connectivity index (χ2v) is 13.7. The van der Waals surface area contributed by atoms with Crippen LogP contribution in [0.5, 0.6) is 0 Å². The van der Waals surface area contributed by atoms with Crippen molar-refractivity contribution in [1.82, 2.24) is 14.9 Å². The maximum Gasteiger partial charge on any atom is 0.430 e. The van der Waals surface area contributed by atoms with Crippen molar-refractivity contribution < 1.29 is 22.3 Å². The second kappa shape index (κ2) is 11.6. The Labute approximate surface area is 234 Å². The molecule has 3 rings (SSSR count). The van der Waals surface area contributed by atoms with Gasteiger partial charge in [0.15, 0.2) is 5.82 Å². The van der Waals surface area contributed by atoms with Crippen LogP contribution in [0.25, 0.3) is 0 Å². The number of aromatic nitrogens is 2. The predicted octanol–water partition coefficient (Wildman–Crippen LogP) is 5.96. The molecule has 0 saturated carbocycles. The highest BCUT2D eigenvalue weighted by atomic mass is 32.2. The summed E-state index contributed by atoms with van der Waals surface area (Å²) in [6.45, 7) is 13.6. The van der Waals surface area contributed by atoms with E-state index in [9.17, 15) is 17.6 Å². The van der Waals surface area contributed by atoms with Crippen molar-refractivity contribution in [2.24, 2.45) is 0 Å². The van der Waals surface area contributed by atoms with Gasteiger partial charge in [-0.1, -0.05) is 12.1 Å². The van der Waals surface area contributed by atoms with Crippen molar-refractivity contribution in [2.75, 3.05) is 16.7 Å². The number of anilines is 2. The SMILES string of the molecule is Cc1cc(S(=O)(=O)N(C(=O)OC(C)(C)C)c2cscn2)cnc1NCc1c(F)cccc1CN(C)C(C)(C)C. The number of rotatable bonds is 8. The standard InChI is InChI=1S/C27H36FN5O4S2/c1-18-12-20(39(35,36)33(23-16-38-17-31-23)25(34)37-27(5,6)7)13-29-24(18)30-14-21-19(10-9-11-22(21)28)15-32(8)26(2,3)4/h9-13,16-17H,14-15H2,1-8H3,(H,29,30). The van der Waals surface area contributed by atoms with Gasteiger partial charge < -0.3 is 10.1 Å². The Morgan fingerprint density at radius 3 is 2.41 bits per heavy atom. The Hall–Kier alpha value is -3.09. The van der Waals surface area contributed by atoms with E-state index < -0.39 is 21.7 Å². The Kier molecular flexibility index (Phi) is 9.03. The van der Waals surface area contributed by atoms with Crippen LogP contribution in [0.4, 0.5) is 20.8 Å². The van der Waals surface area contributed by atoms with Gasteiger partial charge in [0.1, 0.15) is 22.1 Å². The molecule has 0 aliphatic heterocycles. The van der Waals surface area contributed by atoms with E-state index in [0.717, 1.165) is 23.1 Å². The zero-order chi connectivity index (χ0) is 29.2. The van der Waals surface area contributed by atoms with Crippen molar-refractivity contribution in [2.45, 2.75) is 77.6 Å². The lowest BCUT2D eigenvalue weighted by Crippen LogP contribution is -2.41. The summed E-state index contributed by atoms with van der Waals surface area (Å²) in [4.78, 5) is 23.1. The highest BCUT2D eigenvalue weighted by molar-refractivity contribution is 7.93. The third kappa shape index (κ3) is 7.52. The van der Waals surface area contributed by atoms with E-state index in [0.29, 0.717) is 27.8 Å². The lowest BCUT2D eigenvalue weighted by atomic mass is 10.0. The average Bonchev–Trinajstić information content (AvgIpc) is 3.31. The van der Waals surface area contributed by atoms with Crippen molar-refractivity contribution in [3.63, 3.8) is 0 Å². The molecular formula is C27H36FN5O4S2. The zero-order valence-electron chi connectivity index (χ0n) is 23.6. The highest BCUT2D eigenvalue weighted by Gasteiger charge is 2.36. The molecule has 0 aliphatic rings. The summed E-state index contributed by atoms with van der Waals surface area (Å²) in [7, 11) is -2.41. The molecule has 12 heteroatoms. The average molecular weight is 578 g/mol. The van der Waals surface area contributed by atoms with Crippen LogP contribution in [0, 0.1) is 12.7 Å². The number of thiazole rings is 1. The summed E-state index contributed by atoms with van der Waals surface area (Å²) in [5.41, 5.74) is 2.26. The third-order valence-corrected chi connectivity index (χ3v) is 8.19. The molecule has 0 atom stereocenters. The fourth-order valence-corrected chi connectivity index (χ4v) is 5.41. The van der Waals surface area contributed by atoms with E-state index in [2.05, 4.69) is 41.0 Å². The topological polar surface area (TPSA) is 105 Å². The van der Waals surface area contributed by atoms with Gasteiger partial charge in [-0.15, -0.1) is 15.6 Å². The minimum absolute atomic E-state index is 0.0681. The van der Waals surface area contributed by atoms with E-state index in [1.165, 1.54) is 23.0 Å². The largest absolute Gasteiger partial charge is 0.443 e. The van der Waals surface area contributed by atoms with Crippen LogP contribution in [0.2, 0.25) is 0 Å². The van der Waals surface area contributed by atoms with Gasteiger partial charge in [0.25, 0.3) is 10.0 Å². The van der Waals surface area contributed by atoms with E-state index in [4.69, 9.17) is 4.74 Å². The number of hydrogen-bond acceptors (Lipinski definition) is 9. The van der Waals surface area contributed by atoms with E-state index in [1.54, 1.807) is 33.8 Å². The number of nitrogens with zero attached hydrogens (tertiary/aromatic N) is 4. The number of hydrogen-bond donors (Lipinski definition) is 1. The van der Waals surface area contributed by atoms with Gasteiger partial charge in [0.05, 0.1) is 5.51 Å². The first-order chi connectivity index (χ1) is 18.0. The molecular weight excluding hydrogens is 541 g/mol. The monoisotopic (exact) mass is 577 g/mol. The van der Waals surface area contributed by atoms with Crippen LogP contribution in [0.3, 0.4) is 0 Å². The second-order valence-electron chi connectivity index (χ2n) is 11.2. The van der Waals surface area contributed by atoms with Crippen molar-refractivity contribution in [1.29, 1.82) is 0 Å². The van der Waals surface area contributed by atoms with Gasteiger partial charge in [0.2, 0.25) is 0 Å². The van der Waals surface area contributed by atoms with Crippen molar-refractivity contribution in [3.05, 3.63) is 63.9 Å². The first kappa shape index (κ1) is 30.5. The highest BCUT2D eigenvalue weighted by Crippen LogP contribution is 2.28. The molecule has 0 spiro atoms. The van der Waals surface area contributed by atoms with Gasteiger partial charge in [-0.05, 0) is 78.8 Å². The smallest absolute Gasteiger partial charge is 0.430 e. The number of halogens is 1. The number of ether oxygens (including phenoxy) is 1. The molecule has 2 aromatic heterocycles. The number of benzene rings is 1. The fraction of sp³-hybridized carbons (Fsp3) is 0.444. The number of sulfonamides is 1. The van der Waals surface area contributed by atoms with Crippen LogP contribution in [-0.2, 0) is 27.8 Å². The molecule has 9 nitrogen and oxygen atoms in total. The van der Waals surface area contributed by atoms with E-state index in [1.807, 2.05) is 13.1 Å². The van der Waals surface area contributed by atoms with Crippen LogP contribution in [0.1, 0.15) is 58.2 Å². The normalized spacial score (nSPS) is 12.5. The van der Waals surface area contributed by atoms with Crippen LogP contribution < -0.4 is 9.62 Å². The Morgan fingerprint density at radius 1 is 1.15 bits per heavy atom. The lowest BCUT2D eigenvalue weighted by Gasteiger charge is -2.32. The minimum atomic E-state index is -4.40. The van der Waals surface area contributed by atoms with Crippen molar-refractivity contribution >= 4 is 39.1 Å². The Balaban J connectivity index is 1.87. The summed E-state index contributed by atoms with van der Waals surface area (Å²) >= 11 is 1.15. The molecule has 2 heterocycles. The van der Waals surface area contributed by atoms with Gasteiger partial charge in [-0.2, -0.15) is 0 Å². The summed E-state index contributed by atoms with van der Waals surface area (Å²) < 4.78 is 47.8. The minimum Gasteiger partial charge on any atom is -0.443 e. The molecule has 39 heavy (non-hydrogen) atoms. The predicted molar refractivity (Wildman–Crippen MR) is 152 cm³/mol. The number of carbonyl (C=O) groups is 1. The van der Waals surface area contributed by atoms with Gasteiger partial charge in [-0.25, -0.2) is 27.6 Å². The van der Waals surface area contributed by atoms with Gasteiger partial charge >= 0.3 is 6.09 Å². The molecule has 1 amide bonds. The maximum absolute atomic E-state index is 14.8. The van der Waals surface area contributed by atoms with E-state index in [-0.39, 0.29) is 28.6 Å². The summed E-state index contributed by atoms with van der Waals surface area (Å²) in [6, 6.07) is 6.40. The molecule has 0 aliphatic carbocycles. The maximum atomic E-state index is 14.8. The number of nitrogens with one attached hydrogen (secondary N) is 1. The number of carbonyl (C=O) groups excluding carboxylic acids is 1. The number of aryl methyl sites for hydroxylation is 1. The Morgan fingerprint density at radius 2 is 1.85 bits per heavy atom. The van der Waals surface area contributed by atoms with Crippen LogP contribution in [-0.4, -0.2) is 47.6 Å². The molecule has 0 saturated heterocycles. The summed E-state index contributed by atoms with van der Waals surface area (Å²) in [6.07, 6.45) is 0.0879. The van der Waals surface area contributed by atoms with Gasteiger partial charge in [-0.3, -0.25) is 4.90 Å². The van der Waals surface area contributed by atoms with E-state index >= 15 is 0 Å². The summed E-state index contributed by atoms with van der Waals surface area (Å²) in [5, 5.41) is 4.58. The lowest BCUT2D eigenvalue weighted by molar-refractivity contribution is 0.0608. The molecule has 1 aromatic carbocycles. The molecule has 212 valence electrons. The molecule has 0 bridgehead atoms. The number of pyridine rings is 1. The number of amides is 1. The quantitative estimate of drug-likeness (QED) is 0.350. The van der Waals surface area contributed by atoms with Gasteiger partial charge in [0, 0.05) is 35.8 Å². The molecule has 0 unspecified atom stereocenters. The van der Waals surface area contributed by atoms with Crippen LogP contribution in [0.15, 0.2) is 46.2 Å². The molecule has 1 N–H and O–H groups in total. The molecule has 3 aromatic rings. The molecule has 0 fully saturated rings. The first-order valence-corrected chi connectivity index (χ1v) is 14.7. The van der Waals surface area contributed by atoms with Crippen molar-refractivity contribution in [3.8, 4) is 0 Å². The van der Waals surface area contributed by atoms with Crippen LogP contribution >= 0.6 is 11.3 Å². The third-order valence-electron chi connectivity index (χ3n) is 5.98.